The first kappa shape index (κ1) is 15.2. The van der Waals surface area contributed by atoms with Crippen molar-refractivity contribution < 1.29 is 25.8 Å². The molecule has 2 aromatic rings. The van der Waals surface area contributed by atoms with Gasteiger partial charge in [0.15, 0.2) is 0 Å². The Labute approximate surface area is 124 Å². The summed E-state index contributed by atoms with van der Waals surface area (Å²) in [5.74, 6) is 1.66. The number of ether oxygens (including phenoxy) is 2. The summed E-state index contributed by atoms with van der Waals surface area (Å²) in [5.41, 5.74) is 1.04. The van der Waals surface area contributed by atoms with E-state index < -0.39 is 0 Å². The first-order valence-corrected chi connectivity index (χ1v) is 12.3. The molecule has 0 saturated carbocycles. The summed E-state index contributed by atoms with van der Waals surface area (Å²) < 4.78 is 10.7. The van der Waals surface area contributed by atoms with Crippen LogP contribution in [0.5, 0.6) is 11.5 Å². The van der Waals surface area contributed by atoms with Gasteiger partial charge in [-0.15, -0.1) is 5.56 Å². The van der Waals surface area contributed by atoms with Crippen molar-refractivity contribution in [1.82, 2.24) is 0 Å². The molecule has 2 aromatic carbocycles. The van der Waals surface area contributed by atoms with Crippen molar-refractivity contribution in [3.8, 4) is 11.5 Å². The zero-order valence-corrected chi connectivity index (χ0v) is 14.8. The van der Waals surface area contributed by atoms with E-state index in [1.54, 1.807) is 7.11 Å². The van der Waals surface area contributed by atoms with Gasteiger partial charge in [-0.1, -0.05) is 0 Å². The summed E-state index contributed by atoms with van der Waals surface area (Å²) in [7, 11) is 1.65. The van der Waals surface area contributed by atoms with Crippen LogP contribution in [0.2, 0.25) is 0 Å². The standard InChI is InChI=1S/C14H13O2.BrH.Zn/c1-15-13-7-9-14(10-8-13)16-11-12-5-3-2-4-6-12;;/h2-5,7-10H,11H2,1H3;1H;/q-1;;+2/p-1. The Hall–Kier alpha value is -0.857. The summed E-state index contributed by atoms with van der Waals surface area (Å²) >= 11 is 4.25. The predicted octanol–water partition coefficient (Wildman–Crippen LogP) is 3.92. The minimum atomic E-state index is 0.535. The van der Waals surface area contributed by atoms with E-state index in [1.807, 2.05) is 48.5 Å². The zero-order chi connectivity index (χ0) is 13.2. The second-order valence-electron chi connectivity index (χ2n) is 3.35. The van der Waals surface area contributed by atoms with Crippen LogP contribution in [0.15, 0.2) is 48.5 Å². The van der Waals surface area contributed by atoms with E-state index in [1.165, 1.54) is 16.3 Å². The summed E-state index contributed by atoms with van der Waals surface area (Å²) in [5, 5.41) is 0. The third-order valence-electron chi connectivity index (χ3n) is 2.23. The molecule has 0 bridgehead atoms. The third-order valence-corrected chi connectivity index (χ3v) is 2.23. The van der Waals surface area contributed by atoms with Crippen LogP contribution >= 0.6 is 13.6 Å². The number of hydrogen-bond acceptors (Lipinski definition) is 2. The van der Waals surface area contributed by atoms with E-state index in [0.29, 0.717) is 6.61 Å². The van der Waals surface area contributed by atoms with Crippen molar-refractivity contribution in [3.63, 3.8) is 0 Å². The van der Waals surface area contributed by atoms with Crippen LogP contribution in [-0.2, 0) is 22.9 Å². The van der Waals surface area contributed by atoms with Crippen LogP contribution in [0.3, 0.4) is 0 Å². The van der Waals surface area contributed by atoms with Crippen LogP contribution in [0.25, 0.3) is 0 Å². The first-order valence-electron chi connectivity index (χ1n) is 5.37. The van der Waals surface area contributed by atoms with E-state index in [4.69, 9.17) is 9.47 Å². The van der Waals surface area contributed by atoms with Crippen molar-refractivity contribution in [1.29, 1.82) is 0 Å². The monoisotopic (exact) mass is 356 g/mol. The molecule has 0 atom stereocenters. The first-order chi connectivity index (χ1) is 8.88. The Bertz CT molecular complexity index is 431. The van der Waals surface area contributed by atoms with Crippen molar-refractivity contribution in [2.24, 2.45) is 0 Å². The predicted molar refractivity (Wildman–Crippen MR) is 71.5 cm³/mol. The molecule has 0 amide bonds. The van der Waals surface area contributed by atoms with Crippen LogP contribution in [-0.4, -0.2) is 7.11 Å². The second kappa shape index (κ2) is 9.12. The van der Waals surface area contributed by atoms with E-state index in [9.17, 15) is 0 Å². The summed E-state index contributed by atoms with van der Waals surface area (Å²) in [6.07, 6.45) is 0. The fourth-order valence-corrected chi connectivity index (χ4v) is 1.35. The Morgan fingerprint density at radius 1 is 1.06 bits per heavy atom. The van der Waals surface area contributed by atoms with Gasteiger partial charge in [0.25, 0.3) is 0 Å². The molecule has 0 heterocycles. The molecule has 2 nitrogen and oxygen atoms in total. The molecule has 0 aliphatic rings. The van der Waals surface area contributed by atoms with Gasteiger partial charge in [0.2, 0.25) is 0 Å². The normalized spacial score (nSPS) is 9.11. The molecule has 0 aliphatic carbocycles. The molecule has 0 aliphatic heterocycles. The van der Waals surface area contributed by atoms with Crippen molar-refractivity contribution in [2.75, 3.05) is 7.11 Å². The molecule has 4 heteroatoms. The minimum absolute atomic E-state index is 0.535. The van der Waals surface area contributed by atoms with Gasteiger partial charge in [-0.05, 0) is 24.3 Å². The SMILES string of the molecule is COc1ccc(OCc2[c-]cccc2)cc1.[Zn+][Br]. The third kappa shape index (κ3) is 5.20. The Balaban J connectivity index is 0.000000771. The van der Waals surface area contributed by atoms with E-state index >= 15 is 0 Å². The average Bonchev–Trinajstić information content (AvgIpc) is 2.49. The van der Waals surface area contributed by atoms with Gasteiger partial charge < -0.3 is 9.47 Å². The quantitative estimate of drug-likeness (QED) is 0.609. The molecule has 0 spiro atoms. The van der Waals surface area contributed by atoms with Crippen molar-refractivity contribution >= 4 is 13.6 Å². The fraction of sp³-hybridized carbons (Fsp3) is 0.143. The van der Waals surface area contributed by atoms with Crippen LogP contribution in [0.1, 0.15) is 5.56 Å². The van der Waals surface area contributed by atoms with Gasteiger partial charge in [-0.2, -0.15) is 30.3 Å². The van der Waals surface area contributed by atoms with Gasteiger partial charge in [-0.25, -0.2) is 0 Å². The molecule has 0 unspecified atom stereocenters. The van der Waals surface area contributed by atoms with Crippen LogP contribution < -0.4 is 9.47 Å². The summed E-state index contributed by atoms with van der Waals surface area (Å²) in [6, 6.07) is 18.4. The number of methoxy groups -OCH3 is 1. The zero-order valence-electron chi connectivity index (χ0n) is 10.2. The van der Waals surface area contributed by atoms with E-state index in [2.05, 4.69) is 19.7 Å². The molecule has 18 heavy (non-hydrogen) atoms. The average molecular weight is 359 g/mol. The number of benzene rings is 2. The molecule has 0 saturated heterocycles. The number of hydrogen-bond donors (Lipinski definition) is 0. The van der Waals surface area contributed by atoms with Crippen molar-refractivity contribution in [3.05, 3.63) is 60.2 Å². The Morgan fingerprint density at radius 2 is 1.72 bits per heavy atom. The Kier molecular flexibility index (Phi) is 7.71. The topological polar surface area (TPSA) is 18.5 Å². The van der Waals surface area contributed by atoms with Crippen LogP contribution in [0.4, 0.5) is 0 Å². The maximum absolute atomic E-state index is 5.60. The molecular formula is C14H13BrO2Zn. The maximum atomic E-state index is 5.60. The Morgan fingerprint density at radius 3 is 2.28 bits per heavy atom. The molecular weight excluding hydrogens is 345 g/mol. The molecule has 0 fully saturated rings. The molecule has 0 aromatic heterocycles. The fourth-order valence-electron chi connectivity index (χ4n) is 1.35. The van der Waals surface area contributed by atoms with Gasteiger partial charge >= 0.3 is 30.0 Å². The van der Waals surface area contributed by atoms with Gasteiger partial charge in [0.1, 0.15) is 11.5 Å². The van der Waals surface area contributed by atoms with Crippen LogP contribution in [0, 0.1) is 6.07 Å². The number of halogens is 1. The molecule has 90 valence electrons. The van der Waals surface area contributed by atoms with Gasteiger partial charge in [0.05, 0.1) is 13.7 Å². The molecule has 2 rings (SSSR count). The molecule has 0 radical (unpaired) electrons. The number of rotatable bonds is 4. The van der Waals surface area contributed by atoms with Crippen molar-refractivity contribution in [2.45, 2.75) is 6.61 Å². The van der Waals surface area contributed by atoms with Gasteiger partial charge in [-0.3, -0.25) is 0 Å². The summed E-state index contributed by atoms with van der Waals surface area (Å²) in [6.45, 7) is 0.535. The van der Waals surface area contributed by atoms with E-state index in [0.717, 1.165) is 17.1 Å². The second-order valence-corrected chi connectivity index (χ2v) is 3.35. The summed E-state index contributed by atoms with van der Waals surface area (Å²) in [4.78, 5) is 0. The molecule has 0 N–H and O–H groups in total. The van der Waals surface area contributed by atoms with Gasteiger partial charge in [0, 0.05) is 0 Å². The van der Waals surface area contributed by atoms with E-state index in [-0.39, 0.29) is 0 Å².